The molecule has 2 heteroatoms. The highest BCUT2D eigenvalue weighted by molar-refractivity contribution is 5.05. The monoisotopic (exact) mass is 127 g/mol. The second-order valence-corrected chi connectivity index (χ2v) is 3.59. The van der Waals surface area contributed by atoms with Crippen LogP contribution in [0.1, 0.15) is 25.7 Å². The predicted molar refractivity (Wildman–Crippen MR) is 34.9 cm³/mol. The molecule has 0 amide bonds. The van der Waals surface area contributed by atoms with E-state index in [-0.39, 0.29) is 11.6 Å². The van der Waals surface area contributed by atoms with Crippen molar-refractivity contribution in [3.8, 4) is 0 Å². The first kappa shape index (κ1) is 5.69. The molecule has 0 aromatic rings. The summed E-state index contributed by atoms with van der Waals surface area (Å²) in [6.07, 6.45) is 4.10. The quantitative estimate of drug-likeness (QED) is 0.490. The molecule has 9 heavy (non-hydrogen) atoms. The van der Waals surface area contributed by atoms with Crippen molar-refractivity contribution in [1.82, 2.24) is 0 Å². The Morgan fingerprint density at radius 1 is 1.56 bits per heavy atom. The van der Waals surface area contributed by atoms with Crippen LogP contribution >= 0.6 is 0 Å². The minimum absolute atomic E-state index is 0.176. The summed E-state index contributed by atoms with van der Waals surface area (Å²) in [6, 6.07) is 0. The average Bonchev–Trinajstić information content (AvgIpc) is 2.22. The molecule has 2 nitrogen and oxygen atoms in total. The van der Waals surface area contributed by atoms with Gasteiger partial charge in [-0.2, -0.15) is 0 Å². The van der Waals surface area contributed by atoms with Crippen LogP contribution in [0.15, 0.2) is 0 Å². The molecule has 0 aliphatic heterocycles. The van der Waals surface area contributed by atoms with Crippen LogP contribution in [0.2, 0.25) is 0 Å². The molecular weight excluding hydrogens is 114 g/mol. The number of fused-ring (bicyclic) bond motifs is 2. The van der Waals surface area contributed by atoms with Crippen LogP contribution in [0.25, 0.3) is 0 Å². The molecule has 2 fully saturated rings. The zero-order chi connectivity index (χ0) is 6.48. The minimum atomic E-state index is -0.198. The maximum absolute atomic E-state index is 9.35. The third-order valence-electron chi connectivity index (χ3n) is 2.91. The van der Waals surface area contributed by atoms with Gasteiger partial charge in [0.25, 0.3) is 0 Å². The number of hydrogen-bond acceptors (Lipinski definition) is 2. The van der Waals surface area contributed by atoms with Gasteiger partial charge in [-0.3, -0.25) is 0 Å². The van der Waals surface area contributed by atoms with E-state index >= 15 is 0 Å². The Morgan fingerprint density at radius 3 is 2.56 bits per heavy atom. The van der Waals surface area contributed by atoms with Crippen molar-refractivity contribution in [3.63, 3.8) is 0 Å². The SMILES string of the molecule is N[C@@]12CC[C@@H](C[C@H]1O)C2. The minimum Gasteiger partial charge on any atom is -0.391 e. The van der Waals surface area contributed by atoms with Crippen molar-refractivity contribution in [2.45, 2.75) is 37.3 Å². The summed E-state index contributed by atoms with van der Waals surface area (Å²) in [5.41, 5.74) is 5.72. The van der Waals surface area contributed by atoms with Crippen molar-refractivity contribution in [1.29, 1.82) is 0 Å². The zero-order valence-electron chi connectivity index (χ0n) is 5.51. The highest BCUT2D eigenvalue weighted by atomic mass is 16.3. The van der Waals surface area contributed by atoms with Gasteiger partial charge in [-0.15, -0.1) is 0 Å². The fraction of sp³-hybridized carbons (Fsp3) is 1.00. The van der Waals surface area contributed by atoms with Crippen molar-refractivity contribution >= 4 is 0 Å². The second-order valence-electron chi connectivity index (χ2n) is 3.59. The zero-order valence-corrected chi connectivity index (χ0v) is 5.51. The third kappa shape index (κ3) is 0.634. The van der Waals surface area contributed by atoms with Crippen LogP contribution in [-0.4, -0.2) is 16.7 Å². The van der Waals surface area contributed by atoms with Gasteiger partial charge in [0.05, 0.1) is 6.10 Å². The molecule has 0 aromatic carbocycles. The molecule has 3 atom stereocenters. The number of aliphatic hydroxyl groups is 1. The first-order valence-corrected chi connectivity index (χ1v) is 3.68. The van der Waals surface area contributed by atoms with E-state index in [1.807, 2.05) is 0 Å². The van der Waals surface area contributed by atoms with Gasteiger partial charge in [0.15, 0.2) is 0 Å². The largest absolute Gasteiger partial charge is 0.391 e. The molecule has 2 aliphatic carbocycles. The van der Waals surface area contributed by atoms with E-state index in [4.69, 9.17) is 5.73 Å². The molecule has 0 aromatic heterocycles. The lowest BCUT2D eigenvalue weighted by molar-refractivity contribution is 0.0931. The maximum atomic E-state index is 9.35. The van der Waals surface area contributed by atoms with Gasteiger partial charge in [0.1, 0.15) is 0 Å². The first-order valence-electron chi connectivity index (χ1n) is 3.68. The Balaban J connectivity index is 2.22. The summed E-state index contributed by atoms with van der Waals surface area (Å²) < 4.78 is 0. The van der Waals surface area contributed by atoms with Crippen LogP contribution < -0.4 is 5.73 Å². The molecular formula is C7H13NO. The van der Waals surface area contributed by atoms with Crippen LogP contribution in [0.5, 0.6) is 0 Å². The van der Waals surface area contributed by atoms with Crippen LogP contribution in [0.3, 0.4) is 0 Å². The van der Waals surface area contributed by atoms with Gasteiger partial charge in [0, 0.05) is 5.54 Å². The molecule has 2 bridgehead atoms. The summed E-state index contributed by atoms with van der Waals surface area (Å²) in [7, 11) is 0. The molecule has 0 spiro atoms. The molecule has 0 radical (unpaired) electrons. The molecule has 2 aliphatic rings. The lowest BCUT2D eigenvalue weighted by Gasteiger charge is -2.26. The number of aliphatic hydroxyl groups excluding tert-OH is 1. The Morgan fingerprint density at radius 2 is 2.33 bits per heavy atom. The van der Waals surface area contributed by atoms with Crippen molar-refractivity contribution in [2.24, 2.45) is 11.7 Å². The molecule has 52 valence electrons. The van der Waals surface area contributed by atoms with Crippen molar-refractivity contribution in [3.05, 3.63) is 0 Å². The van der Waals surface area contributed by atoms with Gasteiger partial charge in [-0.1, -0.05) is 0 Å². The molecule has 3 N–H and O–H groups in total. The van der Waals surface area contributed by atoms with E-state index < -0.39 is 0 Å². The molecule has 2 rings (SSSR count). The topological polar surface area (TPSA) is 46.2 Å². The standard InChI is InChI=1S/C7H13NO/c8-7-2-1-5(4-7)3-6(7)9/h5-6,9H,1-4,8H2/t5-,6+,7+/m0/s1. The number of hydrogen-bond donors (Lipinski definition) is 2. The number of nitrogens with two attached hydrogens (primary N) is 1. The lowest BCUT2D eigenvalue weighted by Crippen LogP contribution is -2.45. The van der Waals surface area contributed by atoms with Crippen LogP contribution in [0.4, 0.5) is 0 Å². The average molecular weight is 127 g/mol. The Kier molecular flexibility index (Phi) is 0.945. The van der Waals surface area contributed by atoms with Gasteiger partial charge in [-0.05, 0) is 31.6 Å². The summed E-state index contributed by atoms with van der Waals surface area (Å²) >= 11 is 0. The van der Waals surface area contributed by atoms with Gasteiger partial charge in [-0.25, -0.2) is 0 Å². The normalized spacial score (nSPS) is 56.7. The van der Waals surface area contributed by atoms with Gasteiger partial charge >= 0.3 is 0 Å². The van der Waals surface area contributed by atoms with E-state index in [0.29, 0.717) is 0 Å². The molecule has 0 unspecified atom stereocenters. The summed E-state index contributed by atoms with van der Waals surface area (Å²) in [4.78, 5) is 0. The highest BCUT2D eigenvalue weighted by Gasteiger charge is 2.48. The summed E-state index contributed by atoms with van der Waals surface area (Å²) in [5, 5.41) is 9.35. The maximum Gasteiger partial charge on any atom is 0.0722 e. The van der Waals surface area contributed by atoms with Gasteiger partial charge < -0.3 is 10.8 Å². The molecule has 0 saturated heterocycles. The lowest BCUT2D eigenvalue weighted by atomic mass is 9.92. The second kappa shape index (κ2) is 1.50. The molecule has 0 heterocycles. The van der Waals surface area contributed by atoms with Crippen LogP contribution in [0, 0.1) is 5.92 Å². The van der Waals surface area contributed by atoms with E-state index in [9.17, 15) is 5.11 Å². The highest BCUT2D eigenvalue weighted by Crippen LogP contribution is 2.45. The smallest absolute Gasteiger partial charge is 0.0722 e. The van der Waals surface area contributed by atoms with Crippen LogP contribution in [-0.2, 0) is 0 Å². The van der Waals surface area contributed by atoms with Gasteiger partial charge in [0.2, 0.25) is 0 Å². The van der Waals surface area contributed by atoms with E-state index in [1.165, 1.54) is 6.42 Å². The van der Waals surface area contributed by atoms with Crippen molar-refractivity contribution in [2.75, 3.05) is 0 Å². The fourth-order valence-corrected chi connectivity index (χ4v) is 2.27. The first-order chi connectivity index (χ1) is 4.21. The van der Waals surface area contributed by atoms with E-state index in [2.05, 4.69) is 0 Å². The third-order valence-corrected chi connectivity index (χ3v) is 2.91. The summed E-state index contributed by atoms with van der Waals surface area (Å²) in [6.45, 7) is 0. The summed E-state index contributed by atoms with van der Waals surface area (Å²) in [5.74, 6) is 0.741. The van der Waals surface area contributed by atoms with E-state index in [1.54, 1.807) is 0 Å². The predicted octanol–water partition coefficient (Wildman–Crippen LogP) is 0.249. The Hall–Kier alpha value is -0.0800. The fourth-order valence-electron chi connectivity index (χ4n) is 2.27. The Bertz CT molecular complexity index is 137. The van der Waals surface area contributed by atoms with Crippen molar-refractivity contribution < 1.29 is 5.11 Å². The van der Waals surface area contributed by atoms with E-state index in [0.717, 1.165) is 25.2 Å². The Labute approximate surface area is 55.1 Å². The number of rotatable bonds is 0. The molecule has 2 saturated carbocycles.